The number of thioether (sulfide) groups is 1. The lowest BCUT2D eigenvalue weighted by atomic mass is 9.75. The van der Waals surface area contributed by atoms with Crippen LogP contribution >= 0.6 is 11.8 Å². The van der Waals surface area contributed by atoms with Crippen LogP contribution in [0.15, 0.2) is 66.8 Å². The van der Waals surface area contributed by atoms with E-state index in [-0.39, 0.29) is 30.9 Å². The van der Waals surface area contributed by atoms with Gasteiger partial charge >= 0.3 is 5.97 Å². The SMILES string of the molecule is CC(C)C[C@H](CO)N1C(=O)[C@@H]2[C@@H]3C(=O)OCC=C[C@]3(C)S[C@@]23C=CCN(c2ccc4ccccc4c2)C(=O)C13. The van der Waals surface area contributed by atoms with Crippen molar-refractivity contribution in [3.8, 4) is 0 Å². The molecule has 4 aliphatic heterocycles. The second-order valence-corrected chi connectivity index (χ2v) is 13.4. The Bertz CT molecular complexity index is 1400. The standard InChI is InChI=1S/C31H34N2O5S/c1-19(2)16-23(18-34)33-26-28(36)32(22-11-10-20-8-4-5-9-21(20)17-22)14-6-13-31(26)24(27(33)35)25-29(37)38-15-7-12-30(25,3)39-31/h4-13,17,19,23-26,34H,14-16,18H2,1-3H3/t23-,24+,25-,26?,30+,31+/m1/s1. The quantitative estimate of drug-likeness (QED) is 0.452. The highest BCUT2D eigenvalue weighted by Crippen LogP contribution is 2.65. The molecule has 39 heavy (non-hydrogen) atoms. The zero-order chi connectivity index (χ0) is 27.5. The van der Waals surface area contributed by atoms with Crippen molar-refractivity contribution in [3.63, 3.8) is 0 Å². The second-order valence-electron chi connectivity index (χ2n) is 11.6. The smallest absolute Gasteiger partial charge is 0.311 e. The number of cyclic esters (lactones) is 1. The molecule has 204 valence electrons. The average molecular weight is 547 g/mol. The van der Waals surface area contributed by atoms with Crippen LogP contribution in [0.3, 0.4) is 0 Å². The van der Waals surface area contributed by atoms with E-state index in [9.17, 15) is 19.5 Å². The highest BCUT2D eigenvalue weighted by molar-refractivity contribution is 8.02. The van der Waals surface area contributed by atoms with Gasteiger partial charge in [0, 0.05) is 17.0 Å². The second kappa shape index (κ2) is 9.52. The first-order valence-electron chi connectivity index (χ1n) is 13.7. The van der Waals surface area contributed by atoms with Crippen LogP contribution in [0.2, 0.25) is 0 Å². The number of aliphatic hydroxyl groups excluding tert-OH is 1. The molecule has 6 rings (SSSR count). The summed E-state index contributed by atoms with van der Waals surface area (Å²) in [6.07, 6.45) is 8.31. The minimum Gasteiger partial charge on any atom is -0.461 e. The van der Waals surface area contributed by atoms with E-state index in [4.69, 9.17) is 4.74 Å². The average Bonchev–Trinajstić information content (AvgIpc) is 3.17. The Kier molecular flexibility index (Phi) is 6.38. The summed E-state index contributed by atoms with van der Waals surface area (Å²) >= 11 is 1.52. The number of hydrogen-bond acceptors (Lipinski definition) is 6. The molecule has 6 atom stereocenters. The number of fused-ring (bicyclic) bond motifs is 3. The van der Waals surface area contributed by atoms with Gasteiger partial charge in [-0.2, -0.15) is 0 Å². The number of likely N-dealkylation sites (tertiary alicyclic amines) is 1. The normalized spacial score (nSPS) is 32.6. The fraction of sp³-hybridized carbons (Fsp3) is 0.452. The van der Waals surface area contributed by atoms with E-state index in [0.29, 0.717) is 13.0 Å². The van der Waals surface area contributed by atoms with Crippen molar-refractivity contribution in [2.45, 2.75) is 48.8 Å². The predicted molar refractivity (Wildman–Crippen MR) is 152 cm³/mol. The number of benzene rings is 2. The fourth-order valence-corrected chi connectivity index (χ4v) is 9.22. The van der Waals surface area contributed by atoms with E-state index < -0.39 is 39.4 Å². The molecule has 8 heteroatoms. The third-order valence-electron chi connectivity index (χ3n) is 8.64. The molecule has 4 aliphatic rings. The number of hydrogen-bond donors (Lipinski definition) is 1. The lowest BCUT2D eigenvalue weighted by molar-refractivity contribution is -0.153. The van der Waals surface area contributed by atoms with Crippen LogP contribution in [0.5, 0.6) is 0 Å². The number of carbonyl (C=O) groups is 3. The van der Waals surface area contributed by atoms with Crippen molar-refractivity contribution in [1.29, 1.82) is 0 Å². The van der Waals surface area contributed by atoms with Crippen molar-refractivity contribution in [2.75, 3.05) is 24.7 Å². The van der Waals surface area contributed by atoms with Gasteiger partial charge < -0.3 is 19.6 Å². The Morgan fingerprint density at radius 2 is 1.79 bits per heavy atom. The molecule has 0 saturated carbocycles. The minimum atomic E-state index is -0.968. The molecule has 1 N–H and O–H groups in total. The Morgan fingerprint density at radius 3 is 2.54 bits per heavy atom. The van der Waals surface area contributed by atoms with Crippen molar-refractivity contribution in [3.05, 3.63) is 66.8 Å². The maximum absolute atomic E-state index is 14.7. The van der Waals surface area contributed by atoms with Gasteiger partial charge in [-0.1, -0.05) is 62.4 Å². The Hall–Kier alpha value is -3.10. The monoisotopic (exact) mass is 546 g/mol. The highest BCUT2D eigenvalue weighted by Gasteiger charge is 2.74. The predicted octanol–water partition coefficient (Wildman–Crippen LogP) is 3.95. The van der Waals surface area contributed by atoms with Crippen molar-refractivity contribution in [2.24, 2.45) is 17.8 Å². The van der Waals surface area contributed by atoms with Gasteiger partial charge in [0.15, 0.2) is 0 Å². The zero-order valence-corrected chi connectivity index (χ0v) is 23.3. The summed E-state index contributed by atoms with van der Waals surface area (Å²) in [5, 5.41) is 12.6. The topological polar surface area (TPSA) is 87.2 Å². The van der Waals surface area contributed by atoms with Crippen LogP contribution < -0.4 is 4.90 Å². The summed E-state index contributed by atoms with van der Waals surface area (Å²) in [5.41, 5.74) is 0.753. The van der Waals surface area contributed by atoms with Crippen LogP contribution in [0, 0.1) is 17.8 Å². The molecule has 2 saturated heterocycles. The molecule has 2 aromatic rings. The number of carbonyl (C=O) groups excluding carboxylic acids is 3. The number of esters is 1. The molecule has 0 bridgehead atoms. The first-order valence-corrected chi connectivity index (χ1v) is 14.5. The lowest BCUT2D eigenvalue weighted by Crippen LogP contribution is -2.57. The Balaban J connectivity index is 1.50. The molecule has 0 aromatic heterocycles. The molecule has 0 aliphatic carbocycles. The zero-order valence-electron chi connectivity index (χ0n) is 22.4. The van der Waals surface area contributed by atoms with Gasteiger partial charge in [0.25, 0.3) is 5.91 Å². The van der Waals surface area contributed by atoms with E-state index in [1.54, 1.807) is 9.80 Å². The molecular weight excluding hydrogens is 512 g/mol. The van der Waals surface area contributed by atoms with Gasteiger partial charge in [-0.05, 0) is 48.2 Å². The fourth-order valence-electron chi connectivity index (χ4n) is 7.08. The molecule has 2 aromatic carbocycles. The van der Waals surface area contributed by atoms with Gasteiger partial charge in [0.1, 0.15) is 12.6 Å². The summed E-state index contributed by atoms with van der Waals surface area (Å²) in [6, 6.07) is 12.5. The van der Waals surface area contributed by atoms with Crippen molar-refractivity contribution < 1.29 is 24.2 Å². The summed E-state index contributed by atoms with van der Waals surface area (Å²) < 4.78 is 3.84. The minimum absolute atomic E-state index is 0.170. The van der Waals surface area contributed by atoms with Gasteiger partial charge in [0.05, 0.1) is 29.2 Å². The molecule has 1 unspecified atom stereocenters. The highest BCUT2D eigenvalue weighted by atomic mass is 32.2. The van der Waals surface area contributed by atoms with E-state index >= 15 is 0 Å². The van der Waals surface area contributed by atoms with Gasteiger partial charge in [-0.25, -0.2) is 0 Å². The third kappa shape index (κ3) is 3.94. The summed E-state index contributed by atoms with van der Waals surface area (Å²) in [6.45, 7) is 6.30. The first kappa shape index (κ1) is 26.1. The summed E-state index contributed by atoms with van der Waals surface area (Å²) in [7, 11) is 0. The van der Waals surface area contributed by atoms with Crippen LogP contribution in [-0.2, 0) is 19.1 Å². The van der Waals surface area contributed by atoms with Crippen LogP contribution in [-0.4, -0.2) is 69.1 Å². The van der Waals surface area contributed by atoms with Crippen molar-refractivity contribution >= 4 is 46.0 Å². The molecular formula is C31H34N2O5S. The van der Waals surface area contributed by atoms with Crippen LogP contribution in [0.4, 0.5) is 5.69 Å². The van der Waals surface area contributed by atoms with E-state index in [2.05, 4.69) is 0 Å². The number of amides is 2. The largest absolute Gasteiger partial charge is 0.461 e. The summed E-state index contributed by atoms with van der Waals surface area (Å²) in [4.78, 5) is 45.8. The third-order valence-corrected chi connectivity index (χ3v) is 10.4. The molecule has 2 fully saturated rings. The van der Waals surface area contributed by atoms with Gasteiger partial charge in [-0.15, -0.1) is 11.8 Å². The van der Waals surface area contributed by atoms with E-state index in [0.717, 1.165) is 16.5 Å². The number of nitrogens with zero attached hydrogens (tertiary/aromatic N) is 2. The molecule has 4 heterocycles. The maximum atomic E-state index is 14.7. The number of ether oxygens (including phenoxy) is 1. The van der Waals surface area contributed by atoms with Crippen LogP contribution in [0.25, 0.3) is 10.8 Å². The van der Waals surface area contributed by atoms with E-state index in [1.807, 2.05) is 87.5 Å². The lowest BCUT2D eigenvalue weighted by Gasteiger charge is -2.40. The van der Waals surface area contributed by atoms with Crippen LogP contribution in [0.1, 0.15) is 27.2 Å². The summed E-state index contributed by atoms with van der Waals surface area (Å²) in [5.74, 6) is -2.17. The van der Waals surface area contributed by atoms with Gasteiger partial charge in [-0.3, -0.25) is 14.4 Å². The number of aliphatic hydroxyl groups is 1. The Labute approximate surface area is 232 Å². The van der Waals surface area contributed by atoms with E-state index in [1.165, 1.54) is 11.8 Å². The molecule has 2 amide bonds. The first-order chi connectivity index (χ1) is 18.7. The number of anilines is 1. The number of rotatable bonds is 5. The molecule has 1 spiro atoms. The Morgan fingerprint density at radius 1 is 1.03 bits per heavy atom. The van der Waals surface area contributed by atoms with Gasteiger partial charge in [0.2, 0.25) is 5.91 Å². The maximum Gasteiger partial charge on any atom is 0.311 e. The molecule has 7 nitrogen and oxygen atoms in total. The van der Waals surface area contributed by atoms with Crippen molar-refractivity contribution in [1.82, 2.24) is 4.90 Å². The molecule has 0 radical (unpaired) electrons.